The third-order valence-electron chi connectivity index (χ3n) is 1.77. The Bertz CT molecular complexity index is 400. The second-order valence-corrected chi connectivity index (χ2v) is 4.74. The Labute approximate surface area is 94.8 Å². The van der Waals surface area contributed by atoms with Gasteiger partial charge in [0.15, 0.2) is 5.03 Å². The van der Waals surface area contributed by atoms with Crippen molar-refractivity contribution in [2.24, 2.45) is 0 Å². The Morgan fingerprint density at radius 2 is 2.38 bits per heavy atom. The lowest BCUT2D eigenvalue weighted by Crippen LogP contribution is -2.27. The first-order valence-electron chi connectivity index (χ1n) is 4.84. The van der Waals surface area contributed by atoms with E-state index >= 15 is 0 Å². The molecule has 0 unspecified atom stereocenters. The minimum absolute atomic E-state index is 0.0543. The van der Waals surface area contributed by atoms with Crippen molar-refractivity contribution in [3.05, 3.63) is 24.9 Å². The largest absolute Gasteiger partial charge is 0.380 e. The van der Waals surface area contributed by atoms with E-state index in [1.54, 1.807) is 6.08 Å². The fourth-order valence-corrected chi connectivity index (χ4v) is 1.91. The highest BCUT2D eigenvalue weighted by Gasteiger charge is 2.13. The van der Waals surface area contributed by atoms with Crippen LogP contribution in [-0.4, -0.2) is 38.4 Å². The third kappa shape index (κ3) is 4.13. The normalized spacial score (nSPS) is 11.5. The Kier molecular flexibility index (Phi) is 5.17. The Morgan fingerprint density at radius 3 is 3.00 bits per heavy atom. The number of hydrogen-bond acceptors (Lipinski definition) is 4. The molecule has 0 aliphatic rings. The standard InChI is InChI=1S/C9H15N3O3S/c1-2-3-7-15-8-6-11-16(13,14)9-4-5-10-12-9/h2,4-5,11H,1,3,6-8H2,(H,10,12). The van der Waals surface area contributed by atoms with Gasteiger partial charge in [-0.2, -0.15) is 5.10 Å². The highest BCUT2D eigenvalue weighted by atomic mass is 32.2. The van der Waals surface area contributed by atoms with Crippen LogP contribution in [0.15, 0.2) is 29.9 Å². The molecule has 1 aromatic rings. The molecular formula is C9H15N3O3S. The molecule has 6 nitrogen and oxygen atoms in total. The van der Waals surface area contributed by atoms with Crippen molar-refractivity contribution >= 4 is 10.0 Å². The number of rotatable bonds is 8. The minimum atomic E-state index is -3.48. The zero-order valence-electron chi connectivity index (χ0n) is 8.85. The summed E-state index contributed by atoms with van der Waals surface area (Å²) in [5, 5.41) is 6.01. The zero-order valence-corrected chi connectivity index (χ0v) is 9.66. The van der Waals surface area contributed by atoms with E-state index in [0.717, 1.165) is 6.42 Å². The van der Waals surface area contributed by atoms with Gasteiger partial charge in [0, 0.05) is 6.54 Å². The van der Waals surface area contributed by atoms with Crippen LogP contribution in [-0.2, 0) is 14.8 Å². The SMILES string of the molecule is C=CCCOCCNS(=O)(=O)c1ccn[nH]1. The van der Waals surface area contributed by atoms with Gasteiger partial charge in [-0.3, -0.25) is 5.10 Å². The van der Waals surface area contributed by atoms with E-state index in [1.807, 2.05) is 0 Å². The lowest BCUT2D eigenvalue weighted by molar-refractivity contribution is 0.144. The maximum atomic E-state index is 11.5. The monoisotopic (exact) mass is 245 g/mol. The fraction of sp³-hybridized carbons (Fsp3) is 0.444. The van der Waals surface area contributed by atoms with Crippen LogP contribution in [0, 0.1) is 0 Å². The van der Waals surface area contributed by atoms with E-state index in [2.05, 4.69) is 21.5 Å². The molecule has 0 atom stereocenters. The van der Waals surface area contributed by atoms with Crippen LogP contribution in [0.25, 0.3) is 0 Å². The van der Waals surface area contributed by atoms with Crippen molar-refractivity contribution in [1.82, 2.24) is 14.9 Å². The van der Waals surface area contributed by atoms with E-state index in [-0.39, 0.29) is 11.6 Å². The van der Waals surface area contributed by atoms with Crippen molar-refractivity contribution in [2.75, 3.05) is 19.8 Å². The summed E-state index contributed by atoms with van der Waals surface area (Å²) in [5.74, 6) is 0. The van der Waals surface area contributed by atoms with Crippen LogP contribution < -0.4 is 4.72 Å². The molecule has 0 fully saturated rings. The predicted molar refractivity (Wildman–Crippen MR) is 59.4 cm³/mol. The Balaban J connectivity index is 2.25. The zero-order chi connectivity index (χ0) is 11.9. The molecule has 0 radical (unpaired) electrons. The summed E-state index contributed by atoms with van der Waals surface area (Å²) < 4.78 is 30.6. The summed E-state index contributed by atoms with van der Waals surface area (Å²) in [6.45, 7) is 4.67. The smallest absolute Gasteiger partial charge is 0.257 e. The molecule has 16 heavy (non-hydrogen) atoms. The van der Waals surface area contributed by atoms with E-state index in [0.29, 0.717) is 13.2 Å². The maximum Gasteiger partial charge on any atom is 0.257 e. The Hall–Kier alpha value is -1.18. The molecule has 0 aliphatic carbocycles. The first-order valence-corrected chi connectivity index (χ1v) is 6.33. The first kappa shape index (κ1) is 12.9. The molecule has 0 spiro atoms. The highest BCUT2D eigenvalue weighted by molar-refractivity contribution is 7.89. The number of hydrogen-bond donors (Lipinski definition) is 2. The Morgan fingerprint density at radius 1 is 1.56 bits per heavy atom. The lowest BCUT2D eigenvalue weighted by atomic mass is 10.5. The number of sulfonamides is 1. The fourth-order valence-electron chi connectivity index (χ4n) is 0.987. The number of aromatic nitrogens is 2. The van der Waals surface area contributed by atoms with Gasteiger partial charge in [-0.1, -0.05) is 6.08 Å². The van der Waals surface area contributed by atoms with E-state index < -0.39 is 10.0 Å². The molecule has 90 valence electrons. The van der Waals surface area contributed by atoms with E-state index in [1.165, 1.54) is 12.3 Å². The highest BCUT2D eigenvalue weighted by Crippen LogP contribution is 2.01. The minimum Gasteiger partial charge on any atom is -0.380 e. The summed E-state index contributed by atoms with van der Waals surface area (Å²) >= 11 is 0. The quantitative estimate of drug-likeness (QED) is 0.509. The molecule has 0 aromatic carbocycles. The van der Waals surface area contributed by atoms with Crippen molar-refractivity contribution < 1.29 is 13.2 Å². The molecule has 1 aromatic heterocycles. The van der Waals surface area contributed by atoms with Crippen LogP contribution >= 0.6 is 0 Å². The molecule has 0 saturated carbocycles. The van der Waals surface area contributed by atoms with Gasteiger partial charge in [0.2, 0.25) is 0 Å². The number of nitrogens with one attached hydrogen (secondary N) is 2. The summed E-state index contributed by atoms with van der Waals surface area (Å²) in [5.41, 5.74) is 0. The number of H-pyrrole nitrogens is 1. The van der Waals surface area contributed by atoms with Crippen molar-refractivity contribution in [2.45, 2.75) is 11.4 Å². The number of ether oxygens (including phenoxy) is 1. The third-order valence-corrected chi connectivity index (χ3v) is 3.16. The molecule has 1 rings (SSSR count). The summed E-state index contributed by atoms with van der Waals surface area (Å²) in [7, 11) is -3.48. The number of nitrogens with zero attached hydrogens (tertiary/aromatic N) is 1. The van der Waals surface area contributed by atoms with Crippen LogP contribution in [0.1, 0.15) is 6.42 Å². The van der Waals surface area contributed by atoms with Gasteiger partial charge in [0.05, 0.1) is 19.4 Å². The topological polar surface area (TPSA) is 84.1 Å². The van der Waals surface area contributed by atoms with Gasteiger partial charge in [-0.15, -0.1) is 6.58 Å². The van der Waals surface area contributed by atoms with Crippen molar-refractivity contribution in [1.29, 1.82) is 0 Å². The van der Waals surface area contributed by atoms with E-state index in [9.17, 15) is 8.42 Å². The summed E-state index contributed by atoms with van der Waals surface area (Å²) in [6, 6.07) is 1.39. The van der Waals surface area contributed by atoms with Gasteiger partial charge >= 0.3 is 0 Å². The van der Waals surface area contributed by atoms with Gasteiger partial charge in [-0.25, -0.2) is 13.1 Å². The van der Waals surface area contributed by atoms with Gasteiger partial charge < -0.3 is 4.74 Å². The summed E-state index contributed by atoms with van der Waals surface area (Å²) in [4.78, 5) is 0. The van der Waals surface area contributed by atoms with Crippen LogP contribution in [0.4, 0.5) is 0 Å². The van der Waals surface area contributed by atoms with Gasteiger partial charge in [-0.05, 0) is 12.5 Å². The maximum absolute atomic E-state index is 11.5. The van der Waals surface area contributed by atoms with Crippen LogP contribution in [0.2, 0.25) is 0 Å². The van der Waals surface area contributed by atoms with Crippen LogP contribution in [0.3, 0.4) is 0 Å². The average molecular weight is 245 g/mol. The molecule has 0 amide bonds. The molecule has 0 aliphatic heterocycles. The molecule has 1 heterocycles. The van der Waals surface area contributed by atoms with E-state index in [4.69, 9.17) is 4.74 Å². The summed E-state index contributed by atoms with van der Waals surface area (Å²) in [6.07, 6.45) is 3.89. The second kappa shape index (κ2) is 6.41. The number of aromatic amines is 1. The molecular weight excluding hydrogens is 230 g/mol. The average Bonchev–Trinajstić information content (AvgIpc) is 2.77. The lowest BCUT2D eigenvalue weighted by Gasteiger charge is -2.04. The second-order valence-electron chi connectivity index (χ2n) is 3.01. The molecule has 2 N–H and O–H groups in total. The van der Waals surface area contributed by atoms with Crippen molar-refractivity contribution in [3.8, 4) is 0 Å². The molecule has 0 bridgehead atoms. The van der Waals surface area contributed by atoms with Gasteiger partial charge in [0.25, 0.3) is 10.0 Å². The predicted octanol–water partition coefficient (Wildman–Crippen LogP) is 0.281. The van der Waals surface area contributed by atoms with Crippen molar-refractivity contribution in [3.63, 3.8) is 0 Å². The molecule has 0 saturated heterocycles. The molecule has 7 heteroatoms. The first-order chi connectivity index (χ1) is 7.67. The van der Waals surface area contributed by atoms with Crippen LogP contribution in [0.5, 0.6) is 0 Å². The van der Waals surface area contributed by atoms with Gasteiger partial charge in [0.1, 0.15) is 0 Å².